The van der Waals surface area contributed by atoms with Crippen LogP contribution in [0.4, 0.5) is 13.2 Å². The molecule has 0 radical (unpaired) electrons. The van der Waals surface area contributed by atoms with Crippen molar-refractivity contribution >= 4 is 11.8 Å². The average Bonchev–Trinajstić information content (AvgIpc) is 3.67. The summed E-state index contributed by atoms with van der Waals surface area (Å²) in [6.45, 7) is 4.94. The van der Waals surface area contributed by atoms with Gasteiger partial charge in [0.15, 0.2) is 6.29 Å². The highest BCUT2D eigenvalue weighted by Crippen LogP contribution is 2.42. The first-order valence-electron chi connectivity index (χ1n) is 18.0. The van der Waals surface area contributed by atoms with Gasteiger partial charge in [-0.15, -0.1) is 0 Å². The Balaban J connectivity index is 1.19. The molecule has 11 heteroatoms. The Labute approximate surface area is 308 Å². The number of carbonyl (C=O) groups excluding carboxylic acids is 2. The lowest BCUT2D eigenvalue weighted by atomic mass is 9.89. The highest BCUT2D eigenvalue weighted by molar-refractivity contribution is 5.90. The van der Waals surface area contributed by atoms with Gasteiger partial charge in [0, 0.05) is 37.2 Å². The Kier molecular flexibility index (Phi) is 12.0. The number of alkyl halides is 3. The number of rotatable bonds is 11. The van der Waals surface area contributed by atoms with E-state index in [9.17, 15) is 27.9 Å². The number of carbonyl (C=O) groups is 2. The molecule has 53 heavy (non-hydrogen) atoms. The predicted octanol–water partition coefficient (Wildman–Crippen LogP) is 7.50. The second-order valence-electron chi connectivity index (χ2n) is 14.0. The van der Waals surface area contributed by atoms with E-state index in [1.54, 1.807) is 0 Å². The average molecular weight is 730 g/mol. The maximum Gasteiger partial charge on any atom is 0.471 e. The van der Waals surface area contributed by atoms with Gasteiger partial charge in [0.2, 0.25) is 5.91 Å². The van der Waals surface area contributed by atoms with E-state index in [0.29, 0.717) is 17.9 Å². The zero-order valence-corrected chi connectivity index (χ0v) is 30.1. The van der Waals surface area contributed by atoms with Crippen LogP contribution in [0.3, 0.4) is 0 Å². The van der Waals surface area contributed by atoms with Crippen molar-refractivity contribution in [3.63, 3.8) is 0 Å². The molecule has 6 rings (SSSR count). The second kappa shape index (κ2) is 16.6. The number of nitrogens with zero attached hydrogens (tertiary/aromatic N) is 2. The first-order valence-corrected chi connectivity index (χ1v) is 18.0. The fraction of sp³-hybridized carbons (Fsp3) is 0.381. The number of halogens is 3. The second-order valence-corrected chi connectivity index (χ2v) is 14.0. The van der Waals surface area contributed by atoms with Gasteiger partial charge in [0.1, 0.15) is 6.04 Å². The van der Waals surface area contributed by atoms with Gasteiger partial charge in [-0.25, -0.2) is 0 Å². The molecular formula is C42H46F3N3O5. The molecule has 0 aliphatic carbocycles. The van der Waals surface area contributed by atoms with Crippen molar-refractivity contribution in [3.8, 4) is 11.1 Å². The van der Waals surface area contributed by atoms with Crippen molar-refractivity contribution < 1.29 is 37.3 Å². The van der Waals surface area contributed by atoms with Gasteiger partial charge in [-0.3, -0.25) is 14.5 Å². The zero-order chi connectivity index (χ0) is 37.7. The van der Waals surface area contributed by atoms with E-state index in [4.69, 9.17) is 9.47 Å². The summed E-state index contributed by atoms with van der Waals surface area (Å²) in [5.41, 5.74) is 6.39. The van der Waals surface area contributed by atoms with Crippen LogP contribution in [0.1, 0.15) is 72.9 Å². The Morgan fingerprint density at radius 3 is 2.26 bits per heavy atom. The highest BCUT2D eigenvalue weighted by atomic mass is 19.4. The maximum atomic E-state index is 13.1. The number of aliphatic hydroxyl groups is 1. The van der Waals surface area contributed by atoms with Gasteiger partial charge in [0.25, 0.3) is 0 Å². The number of ether oxygens (including phenoxy) is 2. The van der Waals surface area contributed by atoms with Crippen molar-refractivity contribution in [2.24, 2.45) is 5.92 Å². The van der Waals surface area contributed by atoms with Crippen LogP contribution in [-0.4, -0.2) is 65.2 Å². The van der Waals surface area contributed by atoms with Gasteiger partial charge in [0.05, 0.1) is 18.8 Å². The summed E-state index contributed by atoms with van der Waals surface area (Å²) in [4.78, 5) is 27.8. The molecule has 4 aromatic carbocycles. The van der Waals surface area contributed by atoms with Crippen molar-refractivity contribution in [2.75, 3.05) is 20.1 Å². The van der Waals surface area contributed by atoms with Crippen molar-refractivity contribution in [1.29, 1.82) is 0 Å². The van der Waals surface area contributed by atoms with Crippen LogP contribution >= 0.6 is 0 Å². The number of aliphatic hydroxyl groups excluding tert-OH is 1. The van der Waals surface area contributed by atoms with E-state index in [1.165, 1.54) is 5.56 Å². The van der Waals surface area contributed by atoms with Crippen LogP contribution < -0.4 is 5.32 Å². The fourth-order valence-corrected chi connectivity index (χ4v) is 7.28. The van der Waals surface area contributed by atoms with Gasteiger partial charge >= 0.3 is 12.1 Å². The first kappa shape index (κ1) is 38.2. The van der Waals surface area contributed by atoms with Crippen molar-refractivity contribution in [1.82, 2.24) is 15.1 Å². The molecule has 2 amide bonds. The lowest BCUT2D eigenvalue weighted by molar-refractivity contribution is -0.276. The number of likely N-dealkylation sites (N-methyl/N-ethyl adjacent to an activating group) is 1. The molecule has 0 bridgehead atoms. The van der Waals surface area contributed by atoms with E-state index >= 15 is 0 Å². The topological polar surface area (TPSA) is 91.3 Å². The first-order chi connectivity index (χ1) is 25.4. The van der Waals surface area contributed by atoms with Gasteiger partial charge in [-0.05, 0) is 60.2 Å². The highest BCUT2D eigenvalue weighted by Gasteiger charge is 2.47. The summed E-state index contributed by atoms with van der Waals surface area (Å²) < 4.78 is 52.8. The van der Waals surface area contributed by atoms with Crippen LogP contribution in [0.5, 0.6) is 0 Å². The minimum absolute atomic E-state index is 0.0147. The van der Waals surface area contributed by atoms with Gasteiger partial charge in [-0.2, -0.15) is 13.2 Å². The van der Waals surface area contributed by atoms with Crippen molar-refractivity contribution in [3.05, 3.63) is 131 Å². The Bertz CT molecular complexity index is 1840. The molecule has 4 aromatic rings. The molecule has 0 saturated carbocycles. The van der Waals surface area contributed by atoms with E-state index in [1.807, 2.05) is 91.0 Å². The van der Waals surface area contributed by atoms with Crippen LogP contribution in [-0.2, 0) is 32.2 Å². The van der Waals surface area contributed by atoms with E-state index in [-0.39, 0.29) is 50.3 Å². The summed E-state index contributed by atoms with van der Waals surface area (Å²) >= 11 is 0. The smallest absolute Gasteiger partial charge is 0.392 e. The molecule has 8 nitrogen and oxygen atoms in total. The summed E-state index contributed by atoms with van der Waals surface area (Å²) in [6, 6.07) is 32.5. The number of amides is 2. The molecule has 2 N–H and O–H groups in total. The quantitative estimate of drug-likeness (QED) is 0.166. The van der Waals surface area contributed by atoms with Gasteiger partial charge in [-0.1, -0.05) is 110 Å². The number of nitrogens with one attached hydrogen (secondary N) is 1. The number of hydrogen-bond donors (Lipinski definition) is 2. The molecule has 2 fully saturated rings. The zero-order valence-electron chi connectivity index (χ0n) is 30.1. The molecule has 0 aromatic heterocycles. The van der Waals surface area contributed by atoms with Gasteiger partial charge < -0.3 is 24.8 Å². The predicted molar refractivity (Wildman–Crippen MR) is 195 cm³/mol. The number of hydrogen-bond acceptors (Lipinski definition) is 6. The molecule has 2 aliphatic heterocycles. The number of likely N-dealkylation sites (tertiary alicyclic amines) is 1. The van der Waals surface area contributed by atoms with Crippen LogP contribution in [0.25, 0.3) is 11.1 Å². The SMILES string of the molecule is C[C@H]1[C@@H](CN(C)[C@@H](C)c2ccccc2)O[C@@H](c2ccc(-c3ccccc3CNC(=O)[C@@H]3CCCN3C(=O)C(F)(F)F)cc2)O[C@H]1c1ccc(CO)cc1. The molecule has 280 valence electrons. The van der Waals surface area contributed by atoms with Crippen LogP contribution in [0.15, 0.2) is 103 Å². The Hall–Kier alpha value is -4.55. The fourth-order valence-electron chi connectivity index (χ4n) is 7.28. The van der Waals surface area contributed by atoms with E-state index < -0.39 is 30.3 Å². The normalized spacial score (nSPS) is 22.5. The van der Waals surface area contributed by atoms with Crippen LogP contribution in [0, 0.1) is 5.92 Å². The minimum Gasteiger partial charge on any atom is -0.392 e. The summed E-state index contributed by atoms with van der Waals surface area (Å²) in [6.07, 6.45) is -5.61. The Morgan fingerprint density at radius 2 is 1.58 bits per heavy atom. The Morgan fingerprint density at radius 1 is 0.925 bits per heavy atom. The molecule has 0 spiro atoms. The molecular weight excluding hydrogens is 683 g/mol. The third-order valence-electron chi connectivity index (χ3n) is 10.6. The minimum atomic E-state index is -5.03. The third-order valence-corrected chi connectivity index (χ3v) is 10.6. The largest absolute Gasteiger partial charge is 0.471 e. The van der Waals surface area contributed by atoms with E-state index in [0.717, 1.165) is 33.4 Å². The maximum absolute atomic E-state index is 13.1. The summed E-state index contributed by atoms with van der Waals surface area (Å²) in [5, 5.41) is 12.4. The molecule has 2 heterocycles. The standard InChI is InChI=1S/C42H46F3N3O5/c1-27-37(25-47(3)28(2)30-10-5-4-6-11-30)52-40(53-38(27)32-17-15-29(26-49)16-18-32)33-21-19-31(20-22-33)35-13-8-7-12-34(35)24-46-39(50)36-14-9-23-48(36)41(51)42(43,44)45/h4-8,10-13,15-22,27-28,36-38,40,49H,9,14,23-26H2,1-3H3,(H,46,50)/t27-,28-,36-,37+,38+,40+/m0/s1. The lowest BCUT2D eigenvalue weighted by Crippen LogP contribution is -2.50. The van der Waals surface area contributed by atoms with Crippen LogP contribution in [0.2, 0.25) is 0 Å². The monoisotopic (exact) mass is 729 g/mol. The molecule has 2 aliphatic rings. The van der Waals surface area contributed by atoms with E-state index in [2.05, 4.69) is 43.2 Å². The molecule has 2 saturated heterocycles. The summed E-state index contributed by atoms with van der Waals surface area (Å²) in [5.74, 6) is -2.58. The van der Waals surface area contributed by atoms with Crippen molar-refractivity contribution in [2.45, 2.75) is 76.6 Å². The third kappa shape index (κ3) is 8.81. The number of benzene rings is 4. The molecule has 0 unspecified atom stereocenters. The summed E-state index contributed by atoms with van der Waals surface area (Å²) in [7, 11) is 2.10. The molecule has 6 atom stereocenters. The lowest BCUT2D eigenvalue weighted by Gasteiger charge is -2.43.